The lowest BCUT2D eigenvalue weighted by Gasteiger charge is -2.15. The van der Waals surface area contributed by atoms with Crippen LogP contribution in [0, 0.1) is 20.2 Å². The third-order valence-electron chi connectivity index (χ3n) is 4.77. The van der Waals surface area contributed by atoms with E-state index >= 15 is 0 Å². The number of rotatable bonds is 8. The van der Waals surface area contributed by atoms with E-state index in [9.17, 15) is 20.2 Å². The van der Waals surface area contributed by atoms with Gasteiger partial charge in [-0.05, 0) is 28.3 Å². The van der Waals surface area contributed by atoms with Gasteiger partial charge in [0.25, 0.3) is 11.4 Å². The van der Waals surface area contributed by atoms with Gasteiger partial charge in [0.15, 0.2) is 0 Å². The first-order valence-electron chi connectivity index (χ1n) is 9.11. The largest absolute Gasteiger partial charge is 0.496 e. The Morgan fingerprint density at radius 3 is 1.33 bits per heavy atom. The van der Waals surface area contributed by atoms with Gasteiger partial charge in [0.2, 0.25) is 0 Å². The highest BCUT2D eigenvalue weighted by Crippen LogP contribution is 2.32. The zero-order valence-electron chi connectivity index (χ0n) is 16.5. The SMILES string of the molecule is COc1cc(OC)c(Cc2ccc([N+](=O)[O-])cc2)cc1Cc1ccc([N+](=O)[O-])cc1. The van der Waals surface area contributed by atoms with E-state index < -0.39 is 9.85 Å². The van der Waals surface area contributed by atoms with E-state index in [1.807, 2.05) is 6.07 Å². The minimum Gasteiger partial charge on any atom is -0.496 e. The molecule has 0 aliphatic rings. The number of non-ortho nitro benzene ring substituents is 2. The van der Waals surface area contributed by atoms with Gasteiger partial charge in [-0.1, -0.05) is 24.3 Å². The molecule has 0 radical (unpaired) electrons. The van der Waals surface area contributed by atoms with E-state index in [4.69, 9.17) is 9.47 Å². The molecular formula is C22H20N2O6. The standard InChI is InChI=1S/C22H20N2O6/c1-29-21-14-22(30-2)18(12-16-5-9-20(10-6-16)24(27)28)13-17(21)11-15-3-7-19(8-4-15)23(25)26/h3-10,13-14H,11-12H2,1-2H3. The predicted molar refractivity (Wildman–Crippen MR) is 111 cm³/mol. The van der Waals surface area contributed by atoms with Gasteiger partial charge >= 0.3 is 0 Å². The first-order valence-corrected chi connectivity index (χ1v) is 9.11. The highest BCUT2D eigenvalue weighted by atomic mass is 16.6. The summed E-state index contributed by atoms with van der Waals surface area (Å²) in [5.41, 5.74) is 3.71. The van der Waals surface area contributed by atoms with Crippen LogP contribution in [0.4, 0.5) is 11.4 Å². The molecule has 30 heavy (non-hydrogen) atoms. The molecule has 0 aliphatic heterocycles. The summed E-state index contributed by atoms with van der Waals surface area (Å²) in [7, 11) is 3.15. The average molecular weight is 408 g/mol. The van der Waals surface area contributed by atoms with E-state index in [0.29, 0.717) is 24.3 Å². The average Bonchev–Trinajstić information content (AvgIpc) is 2.74. The molecule has 0 heterocycles. The predicted octanol–water partition coefficient (Wildman–Crippen LogP) is 4.70. The zero-order chi connectivity index (χ0) is 21.7. The zero-order valence-corrected chi connectivity index (χ0v) is 16.5. The van der Waals surface area contributed by atoms with Gasteiger partial charge in [-0.25, -0.2) is 0 Å². The molecule has 8 nitrogen and oxygen atoms in total. The van der Waals surface area contributed by atoms with Gasteiger partial charge in [0, 0.05) is 43.2 Å². The van der Waals surface area contributed by atoms with Crippen LogP contribution in [0.25, 0.3) is 0 Å². The number of nitro benzene ring substituents is 2. The van der Waals surface area contributed by atoms with Crippen LogP contribution in [0.1, 0.15) is 22.3 Å². The van der Waals surface area contributed by atoms with Gasteiger partial charge in [-0.3, -0.25) is 20.2 Å². The Bertz CT molecular complexity index is 979. The lowest BCUT2D eigenvalue weighted by atomic mass is 9.97. The molecule has 154 valence electrons. The smallest absolute Gasteiger partial charge is 0.269 e. The molecule has 8 heteroatoms. The van der Waals surface area contributed by atoms with Crippen molar-refractivity contribution in [2.75, 3.05) is 14.2 Å². The van der Waals surface area contributed by atoms with Crippen LogP contribution in [-0.4, -0.2) is 24.1 Å². The van der Waals surface area contributed by atoms with Crippen LogP contribution in [0.2, 0.25) is 0 Å². The maximum Gasteiger partial charge on any atom is 0.269 e. The summed E-state index contributed by atoms with van der Waals surface area (Å²) in [6.07, 6.45) is 1.05. The van der Waals surface area contributed by atoms with Gasteiger partial charge in [0.1, 0.15) is 11.5 Å². The van der Waals surface area contributed by atoms with Crippen LogP contribution < -0.4 is 9.47 Å². The van der Waals surface area contributed by atoms with Crippen molar-refractivity contribution in [3.05, 3.63) is 103 Å². The van der Waals surface area contributed by atoms with E-state index in [2.05, 4.69) is 0 Å². The summed E-state index contributed by atoms with van der Waals surface area (Å²) in [6.45, 7) is 0. The maximum absolute atomic E-state index is 10.9. The van der Waals surface area contributed by atoms with Crippen LogP contribution in [-0.2, 0) is 12.8 Å². The summed E-state index contributed by atoms with van der Waals surface area (Å²) in [4.78, 5) is 20.8. The van der Waals surface area contributed by atoms with Crippen LogP contribution in [0.15, 0.2) is 60.7 Å². The molecule has 0 saturated heterocycles. The van der Waals surface area contributed by atoms with Crippen molar-refractivity contribution < 1.29 is 19.3 Å². The van der Waals surface area contributed by atoms with Crippen molar-refractivity contribution in [1.82, 2.24) is 0 Å². The summed E-state index contributed by atoms with van der Waals surface area (Å²) < 4.78 is 11.0. The van der Waals surface area contributed by atoms with Gasteiger partial charge in [-0.15, -0.1) is 0 Å². The van der Waals surface area contributed by atoms with Crippen LogP contribution >= 0.6 is 0 Å². The Morgan fingerprint density at radius 1 is 0.667 bits per heavy atom. The van der Waals surface area contributed by atoms with Crippen molar-refractivity contribution in [3.8, 4) is 11.5 Å². The van der Waals surface area contributed by atoms with Crippen molar-refractivity contribution >= 4 is 11.4 Å². The fraction of sp³-hybridized carbons (Fsp3) is 0.182. The normalized spacial score (nSPS) is 10.5. The van der Waals surface area contributed by atoms with Crippen LogP contribution in [0.5, 0.6) is 11.5 Å². The fourth-order valence-electron chi connectivity index (χ4n) is 3.22. The molecule has 0 aromatic heterocycles. The third kappa shape index (κ3) is 4.72. The summed E-state index contributed by atoms with van der Waals surface area (Å²) >= 11 is 0. The van der Waals surface area contributed by atoms with Gasteiger partial charge in [-0.2, -0.15) is 0 Å². The van der Waals surface area contributed by atoms with E-state index in [1.54, 1.807) is 44.6 Å². The molecule has 3 aromatic rings. The second-order valence-corrected chi connectivity index (χ2v) is 6.68. The number of methoxy groups -OCH3 is 2. The highest BCUT2D eigenvalue weighted by Gasteiger charge is 2.14. The number of hydrogen-bond acceptors (Lipinski definition) is 6. The number of nitro groups is 2. The number of hydrogen-bond donors (Lipinski definition) is 0. The quantitative estimate of drug-likeness (QED) is 0.395. The third-order valence-corrected chi connectivity index (χ3v) is 4.77. The summed E-state index contributed by atoms with van der Waals surface area (Å²) in [5, 5.41) is 21.7. The van der Waals surface area contributed by atoms with Crippen molar-refractivity contribution in [2.24, 2.45) is 0 Å². The molecule has 0 bridgehead atoms. The molecular weight excluding hydrogens is 388 g/mol. The van der Waals surface area contributed by atoms with Crippen molar-refractivity contribution in [1.29, 1.82) is 0 Å². The fourth-order valence-corrected chi connectivity index (χ4v) is 3.22. The van der Waals surface area contributed by atoms with Crippen molar-refractivity contribution in [2.45, 2.75) is 12.8 Å². The highest BCUT2D eigenvalue weighted by molar-refractivity contribution is 5.50. The molecule has 0 spiro atoms. The van der Waals surface area contributed by atoms with E-state index in [1.165, 1.54) is 24.3 Å². The Balaban J connectivity index is 1.91. The van der Waals surface area contributed by atoms with E-state index in [0.717, 1.165) is 22.3 Å². The molecule has 0 fully saturated rings. The lowest BCUT2D eigenvalue weighted by Crippen LogP contribution is -2.01. The molecule has 0 amide bonds. The number of benzene rings is 3. The van der Waals surface area contributed by atoms with Crippen LogP contribution in [0.3, 0.4) is 0 Å². The molecule has 0 saturated carbocycles. The first-order chi connectivity index (χ1) is 14.4. The molecule has 3 aromatic carbocycles. The van der Waals surface area contributed by atoms with Gasteiger partial charge in [0.05, 0.1) is 24.1 Å². The topological polar surface area (TPSA) is 105 Å². The molecule has 0 unspecified atom stereocenters. The minimum atomic E-state index is -0.431. The number of ether oxygens (including phenoxy) is 2. The summed E-state index contributed by atoms with van der Waals surface area (Å²) in [5.74, 6) is 1.30. The molecule has 3 rings (SSSR count). The monoisotopic (exact) mass is 408 g/mol. The molecule has 0 N–H and O–H groups in total. The van der Waals surface area contributed by atoms with E-state index in [-0.39, 0.29) is 11.4 Å². The Hall–Kier alpha value is -3.94. The second kappa shape index (κ2) is 9.04. The first kappa shape index (κ1) is 20.8. The lowest BCUT2D eigenvalue weighted by molar-refractivity contribution is -0.385. The number of nitrogens with zero attached hydrogens (tertiary/aromatic N) is 2. The summed E-state index contributed by atoms with van der Waals surface area (Å²) in [6, 6.07) is 16.6. The van der Waals surface area contributed by atoms with Crippen molar-refractivity contribution in [3.63, 3.8) is 0 Å². The molecule has 0 aliphatic carbocycles. The van der Waals surface area contributed by atoms with Gasteiger partial charge < -0.3 is 9.47 Å². The second-order valence-electron chi connectivity index (χ2n) is 6.68. The Morgan fingerprint density at radius 2 is 1.03 bits per heavy atom. The maximum atomic E-state index is 10.9. The molecule has 0 atom stereocenters. The minimum absolute atomic E-state index is 0.0410. The Kier molecular flexibility index (Phi) is 6.26. The Labute approximate surface area is 173 Å².